The molecule has 7 heteroatoms. The Kier molecular flexibility index (Phi) is 6.61. The maximum atomic E-state index is 13.0. The molecule has 0 atom stereocenters. The minimum absolute atomic E-state index is 0.0442. The van der Waals surface area contributed by atoms with Crippen molar-refractivity contribution in [3.05, 3.63) is 76.6 Å². The predicted octanol–water partition coefficient (Wildman–Crippen LogP) is 4.64. The van der Waals surface area contributed by atoms with Crippen molar-refractivity contribution in [2.45, 2.75) is 33.4 Å². The van der Waals surface area contributed by atoms with Crippen LogP contribution in [0.1, 0.15) is 46.8 Å². The molecule has 2 heterocycles. The van der Waals surface area contributed by atoms with Gasteiger partial charge < -0.3 is 14.8 Å². The van der Waals surface area contributed by atoms with Gasteiger partial charge in [-0.05, 0) is 48.7 Å². The fourth-order valence-corrected chi connectivity index (χ4v) is 3.99. The van der Waals surface area contributed by atoms with Crippen LogP contribution in [0.5, 0.6) is 0 Å². The van der Waals surface area contributed by atoms with Crippen molar-refractivity contribution < 1.29 is 9.59 Å². The van der Waals surface area contributed by atoms with Gasteiger partial charge in [-0.3, -0.25) is 9.59 Å². The van der Waals surface area contributed by atoms with Gasteiger partial charge in [0.1, 0.15) is 5.82 Å². The molecule has 0 aliphatic carbocycles. The number of hydrogen-bond acceptors (Lipinski definition) is 3. The van der Waals surface area contributed by atoms with Crippen LogP contribution in [0, 0.1) is 5.92 Å². The molecule has 4 rings (SSSR count). The zero-order chi connectivity index (χ0) is 22.7. The maximum absolute atomic E-state index is 13.0. The number of rotatable bonds is 6. The molecule has 0 unspecified atom stereocenters. The maximum Gasteiger partial charge on any atom is 0.271 e. The second-order valence-electron chi connectivity index (χ2n) is 8.42. The number of amides is 2. The lowest BCUT2D eigenvalue weighted by molar-refractivity contribution is 0.0708. The molecule has 6 nitrogen and oxygen atoms in total. The van der Waals surface area contributed by atoms with Crippen molar-refractivity contribution in [2.24, 2.45) is 5.92 Å². The summed E-state index contributed by atoms with van der Waals surface area (Å²) in [5.41, 5.74) is 2.66. The average Bonchev–Trinajstić information content (AvgIpc) is 3.18. The van der Waals surface area contributed by atoms with Crippen molar-refractivity contribution in [3.63, 3.8) is 0 Å². The SMILES string of the molecule is CC(C)CCNC(=O)c1nc(-c2ccc(Cl)cc2)n2c1CN(C(=O)c1ccccc1)CC2. The van der Waals surface area contributed by atoms with Crippen LogP contribution in [0.25, 0.3) is 11.4 Å². The smallest absolute Gasteiger partial charge is 0.271 e. The van der Waals surface area contributed by atoms with Gasteiger partial charge in [0.15, 0.2) is 5.69 Å². The van der Waals surface area contributed by atoms with Crippen molar-refractivity contribution in [1.29, 1.82) is 0 Å². The molecule has 1 N–H and O–H groups in total. The van der Waals surface area contributed by atoms with Crippen molar-refractivity contribution >= 4 is 23.4 Å². The summed E-state index contributed by atoms with van der Waals surface area (Å²) in [5.74, 6) is 0.966. The second-order valence-corrected chi connectivity index (χ2v) is 8.86. The van der Waals surface area contributed by atoms with Crippen LogP contribution in [0.15, 0.2) is 54.6 Å². The summed E-state index contributed by atoms with van der Waals surface area (Å²) in [5, 5.41) is 3.63. The summed E-state index contributed by atoms with van der Waals surface area (Å²) in [4.78, 5) is 32.6. The molecule has 2 amide bonds. The molecule has 1 aliphatic rings. The molecule has 166 valence electrons. The average molecular weight is 451 g/mol. The number of carbonyl (C=O) groups excluding carboxylic acids is 2. The van der Waals surface area contributed by atoms with E-state index in [4.69, 9.17) is 16.6 Å². The number of aromatic nitrogens is 2. The molecule has 2 aromatic carbocycles. The van der Waals surface area contributed by atoms with E-state index >= 15 is 0 Å². The van der Waals surface area contributed by atoms with Crippen LogP contribution in [-0.2, 0) is 13.1 Å². The first-order valence-electron chi connectivity index (χ1n) is 10.9. The van der Waals surface area contributed by atoms with Crippen molar-refractivity contribution in [3.8, 4) is 11.4 Å². The number of fused-ring (bicyclic) bond motifs is 1. The lowest BCUT2D eigenvalue weighted by Crippen LogP contribution is -2.39. The molecule has 0 spiro atoms. The van der Waals surface area contributed by atoms with Gasteiger partial charge in [0.05, 0.1) is 12.2 Å². The third kappa shape index (κ3) is 4.70. The number of nitrogens with zero attached hydrogens (tertiary/aromatic N) is 3. The highest BCUT2D eigenvalue weighted by Gasteiger charge is 2.30. The molecule has 0 fully saturated rings. The topological polar surface area (TPSA) is 67.2 Å². The van der Waals surface area contributed by atoms with Crippen LogP contribution in [-0.4, -0.2) is 39.4 Å². The first-order chi connectivity index (χ1) is 15.4. The van der Waals surface area contributed by atoms with E-state index in [9.17, 15) is 9.59 Å². The zero-order valence-electron chi connectivity index (χ0n) is 18.3. The van der Waals surface area contributed by atoms with E-state index in [1.54, 1.807) is 4.90 Å². The third-order valence-electron chi connectivity index (χ3n) is 5.64. The number of carbonyl (C=O) groups is 2. The van der Waals surface area contributed by atoms with Crippen LogP contribution >= 0.6 is 11.6 Å². The Labute approximate surface area is 193 Å². The van der Waals surface area contributed by atoms with Gasteiger partial charge in [-0.15, -0.1) is 0 Å². The van der Waals surface area contributed by atoms with Gasteiger partial charge in [0.2, 0.25) is 0 Å². The normalized spacial score (nSPS) is 13.2. The van der Waals surface area contributed by atoms with E-state index in [0.29, 0.717) is 48.4 Å². The molecular formula is C25H27ClN4O2. The van der Waals surface area contributed by atoms with Gasteiger partial charge >= 0.3 is 0 Å². The van der Waals surface area contributed by atoms with E-state index in [-0.39, 0.29) is 11.8 Å². The largest absolute Gasteiger partial charge is 0.351 e. The number of benzene rings is 2. The fourth-order valence-electron chi connectivity index (χ4n) is 3.86. The minimum atomic E-state index is -0.205. The summed E-state index contributed by atoms with van der Waals surface area (Å²) < 4.78 is 2.05. The predicted molar refractivity (Wildman–Crippen MR) is 126 cm³/mol. The van der Waals surface area contributed by atoms with E-state index in [2.05, 4.69) is 23.7 Å². The van der Waals surface area contributed by atoms with Crippen molar-refractivity contribution in [2.75, 3.05) is 13.1 Å². The summed E-state index contributed by atoms with van der Waals surface area (Å²) in [7, 11) is 0. The highest BCUT2D eigenvalue weighted by molar-refractivity contribution is 6.30. The standard InChI is InChI=1S/C25H27ClN4O2/c1-17(2)12-13-27-24(31)22-21-16-29(25(32)19-6-4-3-5-7-19)14-15-30(21)23(28-22)18-8-10-20(26)11-9-18/h3-11,17H,12-16H2,1-2H3,(H,27,31). The molecule has 0 saturated carbocycles. The number of halogens is 1. The van der Waals surface area contributed by atoms with Gasteiger partial charge in [-0.1, -0.05) is 43.6 Å². The summed E-state index contributed by atoms with van der Waals surface area (Å²) in [6.45, 7) is 6.28. The Bertz CT molecular complexity index is 1110. The minimum Gasteiger partial charge on any atom is -0.351 e. The Morgan fingerprint density at radius 1 is 1.06 bits per heavy atom. The zero-order valence-corrected chi connectivity index (χ0v) is 19.1. The van der Waals surface area contributed by atoms with Crippen LogP contribution in [0.2, 0.25) is 5.02 Å². The van der Waals surface area contributed by atoms with Crippen molar-refractivity contribution in [1.82, 2.24) is 19.8 Å². The highest BCUT2D eigenvalue weighted by Crippen LogP contribution is 2.28. The molecular weight excluding hydrogens is 424 g/mol. The quantitative estimate of drug-likeness (QED) is 0.595. The highest BCUT2D eigenvalue weighted by atomic mass is 35.5. The van der Waals surface area contributed by atoms with Gasteiger partial charge in [-0.25, -0.2) is 4.98 Å². The Morgan fingerprint density at radius 2 is 1.78 bits per heavy atom. The monoisotopic (exact) mass is 450 g/mol. The molecule has 3 aromatic rings. The van der Waals surface area contributed by atoms with E-state index < -0.39 is 0 Å². The lowest BCUT2D eigenvalue weighted by atomic mass is 10.1. The summed E-state index contributed by atoms with van der Waals surface area (Å²) in [6.07, 6.45) is 0.893. The van der Waals surface area contributed by atoms with Crippen LogP contribution < -0.4 is 5.32 Å². The molecule has 0 radical (unpaired) electrons. The molecule has 32 heavy (non-hydrogen) atoms. The Morgan fingerprint density at radius 3 is 2.47 bits per heavy atom. The summed E-state index contributed by atoms with van der Waals surface area (Å²) in [6, 6.07) is 16.7. The molecule has 1 aromatic heterocycles. The number of hydrogen-bond donors (Lipinski definition) is 1. The van der Waals surface area contributed by atoms with E-state index in [1.807, 2.05) is 54.6 Å². The van der Waals surface area contributed by atoms with Crippen LogP contribution in [0.4, 0.5) is 0 Å². The number of nitrogens with one attached hydrogen (secondary N) is 1. The van der Waals surface area contributed by atoms with Gasteiger partial charge in [-0.2, -0.15) is 0 Å². The second kappa shape index (κ2) is 9.57. The summed E-state index contributed by atoms with van der Waals surface area (Å²) >= 11 is 6.06. The van der Waals surface area contributed by atoms with Gasteiger partial charge in [0.25, 0.3) is 11.8 Å². The molecule has 0 bridgehead atoms. The lowest BCUT2D eigenvalue weighted by Gasteiger charge is -2.29. The van der Waals surface area contributed by atoms with Crippen LogP contribution in [0.3, 0.4) is 0 Å². The number of imidazole rings is 1. The molecule has 0 saturated heterocycles. The fraction of sp³-hybridized carbons (Fsp3) is 0.320. The van der Waals surface area contributed by atoms with Gasteiger partial charge in [0, 0.05) is 35.8 Å². The molecule has 1 aliphatic heterocycles. The first kappa shape index (κ1) is 22.1. The van der Waals surface area contributed by atoms with E-state index in [0.717, 1.165) is 23.5 Å². The first-order valence-corrected chi connectivity index (χ1v) is 11.3. The Balaban J connectivity index is 1.66. The Hall–Kier alpha value is -3.12. The third-order valence-corrected chi connectivity index (χ3v) is 5.89. The van der Waals surface area contributed by atoms with E-state index in [1.165, 1.54) is 0 Å².